The second-order valence-corrected chi connectivity index (χ2v) is 4.23. The molecule has 1 heterocycles. The molecule has 0 fully saturated rings. The highest BCUT2D eigenvalue weighted by molar-refractivity contribution is 6.24. The molecule has 1 aliphatic rings. The van der Waals surface area contributed by atoms with Gasteiger partial charge in [0.15, 0.2) is 0 Å². The molecule has 2 aromatic rings. The van der Waals surface area contributed by atoms with Gasteiger partial charge in [0.25, 0.3) is 11.8 Å². The predicted octanol–water partition coefficient (Wildman–Crippen LogP) is 2.22. The van der Waals surface area contributed by atoms with Crippen LogP contribution in [-0.2, 0) is 0 Å². The van der Waals surface area contributed by atoms with E-state index in [1.165, 1.54) is 0 Å². The summed E-state index contributed by atoms with van der Waals surface area (Å²) in [6, 6.07) is 8.42. The van der Waals surface area contributed by atoms with E-state index in [0.717, 1.165) is 5.39 Å². The Hall–Kier alpha value is -2.40. The largest absolute Gasteiger partial charge is 0.494 e. The molecule has 0 bridgehead atoms. The average Bonchev–Trinajstić information content (AvgIpc) is 2.42. The Kier molecular flexibility index (Phi) is 2.50. The molecule has 19 heavy (non-hydrogen) atoms. The van der Waals surface area contributed by atoms with Gasteiger partial charge in [0.1, 0.15) is 5.75 Å². The third kappa shape index (κ3) is 1.59. The number of hydrogen-bond acceptors (Lipinski definition) is 4. The fourth-order valence-electron chi connectivity index (χ4n) is 2.32. The van der Waals surface area contributed by atoms with E-state index in [-0.39, 0.29) is 10.6 Å². The summed E-state index contributed by atoms with van der Waals surface area (Å²) >= 11 is 0. The van der Waals surface area contributed by atoms with Crippen LogP contribution in [0.1, 0.15) is 27.6 Å². The van der Waals surface area contributed by atoms with Crippen LogP contribution in [0, 0.1) is 0 Å². The molecule has 1 aliphatic heterocycles. The third-order valence-corrected chi connectivity index (χ3v) is 3.11. The Morgan fingerprint density at radius 1 is 1.16 bits per heavy atom. The van der Waals surface area contributed by atoms with Crippen molar-refractivity contribution in [2.24, 2.45) is 0 Å². The van der Waals surface area contributed by atoms with Gasteiger partial charge in [-0.1, -0.05) is 12.1 Å². The molecule has 0 aliphatic carbocycles. The van der Waals surface area contributed by atoms with Crippen LogP contribution in [-0.4, -0.2) is 28.7 Å². The summed E-state index contributed by atoms with van der Waals surface area (Å²) in [4.78, 5) is 23.8. The van der Waals surface area contributed by atoms with Gasteiger partial charge in [0, 0.05) is 5.39 Å². The van der Waals surface area contributed by atoms with Crippen LogP contribution >= 0.6 is 0 Å². The molecule has 0 atom stereocenters. The van der Waals surface area contributed by atoms with Crippen molar-refractivity contribution in [3.8, 4) is 5.75 Å². The van der Waals surface area contributed by atoms with Crippen molar-refractivity contribution in [1.29, 1.82) is 0 Å². The lowest BCUT2D eigenvalue weighted by Crippen LogP contribution is -2.37. The van der Waals surface area contributed by atoms with Gasteiger partial charge in [-0.15, -0.1) is 5.06 Å². The number of rotatable bonds is 2. The molecule has 0 saturated heterocycles. The van der Waals surface area contributed by atoms with Crippen LogP contribution in [0.25, 0.3) is 10.8 Å². The summed E-state index contributed by atoms with van der Waals surface area (Å²) in [6.45, 7) is 2.32. The molecule has 2 aromatic carbocycles. The standard InChI is InChI=1S/C14H11NO4/c1-2-19-9-6-8-4-3-5-10-12(8)11(7-9)14(17)15(18)13(10)16/h3-7,18H,2H2,1H3. The van der Waals surface area contributed by atoms with Crippen LogP contribution in [0.15, 0.2) is 30.3 Å². The summed E-state index contributed by atoms with van der Waals surface area (Å²) in [6.07, 6.45) is 0. The first-order valence-electron chi connectivity index (χ1n) is 5.90. The monoisotopic (exact) mass is 257 g/mol. The Morgan fingerprint density at radius 3 is 2.63 bits per heavy atom. The maximum absolute atomic E-state index is 12.0. The minimum atomic E-state index is -0.727. The lowest BCUT2D eigenvalue weighted by Gasteiger charge is -2.22. The van der Waals surface area contributed by atoms with E-state index in [0.29, 0.717) is 23.3 Å². The molecule has 0 spiro atoms. The Labute approximate surface area is 109 Å². The van der Waals surface area contributed by atoms with E-state index in [1.807, 2.05) is 6.92 Å². The van der Waals surface area contributed by atoms with E-state index in [4.69, 9.17) is 4.74 Å². The number of nitrogens with zero attached hydrogens (tertiary/aromatic N) is 1. The molecular weight excluding hydrogens is 246 g/mol. The van der Waals surface area contributed by atoms with Gasteiger partial charge in [-0.3, -0.25) is 14.8 Å². The van der Waals surface area contributed by atoms with Gasteiger partial charge in [-0.05, 0) is 30.5 Å². The lowest BCUT2D eigenvalue weighted by molar-refractivity contribution is -0.0377. The van der Waals surface area contributed by atoms with Crippen molar-refractivity contribution in [3.05, 3.63) is 41.5 Å². The summed E-state index contributed by atoms with van der Waals surface area (Å²) in [7, 11) is 0. The number of imide groups is 1. The fourth-order valence-corrected chi connectivity index (χ4v) is 2.32. The molecule has 2 amide bonds. The van der Waals surface area contributed by atoms with Gasteiger partial charge in [-0.2, -0.15) is 0 Å². The fraction of sp³-hybridized carbons (Fsp3) is 0.143. The lowest BCUT2D eigenvalue weighted by atomic mass is 9.95. The first-order valence-corrected chi connectivity index (χ1v) is 5.90. The van der Waals surface area contributed by atoms with Gasteiger partial charge in [-0.25, -0.2) is 0 Å². The Bertz CT molecular complexity index is 708. The van der Waals surface area contributed by atoms with E-state index in [2.05, 4.69) is 0 Å². The van der Waals surface area contributed by atoms with E-state index in [9.17, 15) is 14.8 Å². The second kappa shape index (κ2) is 4.07. The van der Waals surface area contributed by atoms with Crippen LogP contribution in [0.2, 0.25) is 0 Å². The van der Waals surface area contributed by atoms with Crippen molar-refractivity contribution in [1.82, 2.24) is 5.06 Å². The zero-order valence-electron chi connectivity index (χ0n) is 10.2. The second-order valence-electron chi connectivity index (χ2n) is 4.23. The van der Waals surface area contributed by atoms with E-state index in [1.54, 1.807) is 30.3 Å². The molecule has 3 rings (SSSR count). The first kappa shape index (κ1) is 11.7. The van der Waals surface area contributed by atoms with Gasteiger partial charge in [0.05, 0.1) is 17.7 Å². The number of hydrogen-bond donors (Lipinski definition) is 1. The average molecular weight is 257 g/mol. The van der Waals surface area contributed by atoms with Crippen LogP contribution in [0.4, 0.5) is 0 Å². The van der Waals surface area contributed by atoms with Crippen LogP contribution < -0.4 is 4.74 Å². The van der Waals surface area contributed by atoms with Crippen molar-refractivity contribution in [2.75, 3.05) is 6.61 Å². The number of ether oxygens (including phenoxy) is 1. The zero-order chi connectivity index (χ0) is 13.6. The smallest absolute Gasteiger partial charge is 0.285 e. The quantitative estimate of drug-likeness (QED) is 0.661. The van der Waals surface area contributed by atoms with Gasteiger partial charge >= 0.3 is 0 Å². The van der Waals surface area contributed by atoms with Gasteiger partial charge in [0.2, 0.25) is 0 Å². The van der Waals surface area contributed by atoms with E-state index < -0.39 is 11.8 Å². The van der Waals surface area contributed by atoms with Crippen molar-refractivity contribution < 1.29 is 19.5 Å². The molecule has 5 heteroatoms. The molecule has 0 unspecified atom stereocenters. The molecular formula is C14H11NO4. The predicted molar refractivity (Wildman–Crippen MR) is 67.4 cm³/mol. The maximum atomic E-state index is 12.0. The number of amides is 2. The molecule has 0 saturated carbocycles. The van der Waals surface area contributed by atoms with Crippen molar-refractivity contribution in [3.63, 3.8) is 0 Å². The number of benzene rings is 2. The highest BCUT2D eigenvalue weighted by Gasteiger charge is 2.32. The number of carbonyl (C=O) groups is 2. The minimum absolute atomic E-state index is 0.146. The molecule has 1 N–H and O–H groups in total. The molecule has 0 aromatic heterocycles. The Morgan fingerprint density at radius 2 is 1.89 bits per heavy atom. The highest BCUT2D eigenvalue weighted by atomic mass is 16.5. The summed E-state index contributed by atoms with van der Waals surface area (Å²) < 4.78 is 5.39. The van der Waals surface area contributed by atoms with Crippen molar-refractivity contribution in [2.45, 2.75) is 6.92 Å². The third-order valence-electron chi connectivity index (χ3n) is 3.11. The zero-order valence-corrected chi connectivity index (χ0v) is 10.2. The number of hydroxylamine groups is 2. The summed E-state index contributed by atoms with van der Waals surface area (Å²) in [5.41, 5.74) is 0.594. The number of carbonyl (C=O) groups excluding carboxylic acids is 2. The summed E-state index contributed by atoms with van der Waals surface area (Å²) in [5, 5.41) is 11.0. The first-order chi connectivity index (χ1) is 9.13. The van der Waals surface area contributed by atoms with Crippen molar-refractivity contribution >= 4 is 22.6 Å². The minimum Gasteiger partial charge on any atom is -0.494 e. The van der Waals surface area contributed by atoms with Gasteiger partial charge < -0.3 is 4.74 Å². The molecule has 96 valence electrons. The normalized spacial score (nSPS) is 14.1. The van der Waals surface area contributed by atoms with E-state index >= 15 is 0 Å². The topological polar surface area (TPSA) is 66.8 Å². The summed E-state index contributed by atoms with van der Waals surface area (Å²) in [5.74, 6) is -0.888. The SMILES string of the molecule is CCOc1cc2c3c(cccc3c1)C(=O)N(O)C2=O. The highest BCUT2D eigenvalue weighted by Crippen LogP contribution is 2.32. The maximum Gasteiger partial charge on any atom is 0.285 e. The molecule has 5 nitrogen and oxygen atoms in total. The van der Waals surface area contributed by atoms with Crippen LogP contribution in [0.3, 0.4) is 0 Å². The molecule has 0 radical (unpaired) electrons. The van der Waals surface area contributed by atoms with Crippen LogP contribution in [0.5, 0.6) is 5.75 Å². The Balaban J connectivity index is 2.38.